The van der Waals surface area contributed by atoms with Gasteiger partial charge in [-0.3, -0.25) is 19.2 Å². The SMILES string of the molecule is CCCCC(=O)Oc1c2c(c(OC(=O)CCCC)c3cc(C)ccc13)-c1c-2c(OC(=O)CCCC)c2cc(C)ccc2c1OC(=O)CCCC. The van der Waals surface area contributed by atoms with E-state index in [1.807, 2.05) is 77.9 Å². The molecule has 1 aliphatic rings. The minimum absolute atomic E-state index is 0.218. The summed E-state index contributed by atoms with van der Waals surface area (Å²) in [6.45, 7) is 11.9. The fourth-order valence-electron chi connectivity index (χ4n) is 6.34. The number of ether oxygens (including phenoxy) is 4. The zero-order valence-corrected chi connectivity index (χ0v) is 30.2. The molecule has 8 nitrogen and oxygen atoms in total. The first kappa shape index (κ1) is 36.6. The molecule has 264 valence electrons. The van der Waals surface area contributed by atoms with E-state index >= 15 is 0 Å². The summed E-state index contributed by atoms with van der Waals surface area (Å²) in [6.07, 6.45) is 6.77. The molecule has 0 N–H and O–H groups in total. The minimum atomic E-state index is -0.401. The quantitative estimate of drug-likeness (QED) is 0.0749. The van der Waals surface area contributed by atoms with Gasteiger partial charge < -0.3 is 18.9 Å². The number of carbonyl (C=O) groups excluding carboxylic acids is 4. The molecule has 5 rings (SSSR count). The van der Waals surface area contributed by atoms with Crippen LogP contribution in [-0.4, -0.2) is 23.9 Å². The first-order chi connectivity index (χ1) is 24.1. The second-order valence-electron chi connectivity index (χ2n) is 13.2. The van der Waals surface area contributed by atoms with Gasteiger partial charge in [-0.15, -0.1) is 0 Å². The Bertz CT molecular complexity index is 1800. The lowest BCUT2D eigenvalue weighted by molar-refractivity contribution is -0.135. The van der Waals surface area contributed by atoms with Crippen molar-refractivity contribution in [1.29, 1.82) is 0 Å². The molecule has 0 radical (unpaired) electrons. The van der Waals surface area contributed by atoms with Gasteiger partial charge in [0.1, 0.15) is 23.0 Å². The fourth-order valence-corrected chi connectivity index (χ4v) is 6.34. The van der Waals surface area contributed by atoms with Crippen molar-refractivity contribution in [2.75, 3.05) is 0 Å². The van der Waals surface area contributed by atoms with E-state index in [2.05, 4.69) is 0 Å². The highest BCUT2D eigenvalue weighted by Gasteiger charge is 2.42. The molecule has 0 aliphatic heterocycles. The maximum absolute atomic E-state index is 13.4. The summed E-state index contributed by atoms with van der Waals surface area (Å²) in [5.74, 6) is -0.439. The molecule has 50 heavy (non-hydrogen) atoms. The Balaban J connectivity index is 1.89. The third-order valence-electron chi connectivity index (χ3n) is 9.04. The van der Waals surface area contributed by atoms with Crippen LogP contribution in [0.2, 0.25) is 0 Å². The molecular weight excluding hydrogens is 632 g/mol. The molecule has 0 heterocycles. The van der Waals surface area contributed by atoms with Crippen LogP contribution in [0.25, 0.3) is 43.8 Å². The number of unbranched alkanes of at least 4 members (excludes halogenated alkanes) is 4. The van der Waals surface area contributed by atoms with Gasteiger partial charge in [-0.2, -0.15) is 0 Å². The van der Waals surface area contributed by atoms with Gasteiger partial charge in [0.25, 0.3) is 0 Å². The second kappa shape index (κ2) is 16.3. The molecule has 0 fully saturated rings. The van der Waals surface area contributed by atoms with Gasteiger partial charge in [-0.05, 0) is 51.7 Å². The summed E-state index contributed by atoms with van der Waals surface area (Å²) >= 11 is 0. The summed E-state index contributed by atoms with van der Waals surface area (Å²) < 4.78 is 24.9. The monoisotopic (exact) mass is 680 g/mol. The van der Waals surface area contributed by atoms with Crippen molar-refractivity contribution in [3.8, 4) is 45.3 Å². The number of aryl methyl sites for hydroxylation is 2. The van der Waals surface area contributed by atoms with Crippen LogP contribution < -0.4 is 18.9 Å². The molecule has 4 aromatic carbocycles. The number of hydrogen-bond acceptors (Lipinski definition) is 8. The number of benzene rings is 4. The van der Waals surface area contributed by atoms with Gasteiger partial charge in [0, 0.05) is 69.5 Å². The van der Waals surface area contributed by atoms with Crippen LogP contribution in [0.1, 0.15) is 116 Å². The zero-order chi connectivity index (χ0) is 35.9. The van der Waals surface area contributed by atoms with E-state index in [-0.39, 0.29) is 37.2 Å². The number of carbonyl (C=O) groups is 4. The van der Waals surface area contributed by atoms with Crippen molar-refractivity contribution in [2.24, 2.45) is 0 Å². The predicted molar refractivity (Wildman–Crippen MR) is 196 cm³/mol. The van der Waals surface area contributed by atoms with E-state index in [9.17, 15) is 19.2 Å². The molecule has 0 saturated carbocycles. The summed E-state index contributed by atoms with van der Waals surface area (Å²) in [4.78, 5) is 53.4. The van der Waals surface area contributed by atoms with Crippen LogP contribution in [0.15, 0.2) is 36.4 Å². The average Bonchev–Trinajstić information content (AvgIpc) is 3.08. The van der Waals surface area contributed by atoms with E-state index in [1.165, 1.54) is 0 Å². The highest BCUT2D eigenvalue weighted by molar-refractivity contribution is 6.25. The third kappa shape index (κ3) is 7.54. The largest absolute Gasteiger partial charge is 0.425 e. The molecule has 0 atom stereocenters. The third-order valence-corrected chi connectivity index (χ3v) is 9.04. The van der Waals surface area contributed by atoms with Gasteiger partial charge in [0.05, 0.1) is 0 Å². The summed E-state index contributed by atoms with van der Waals surface area (Å²) in [5, 5.41) is 2.34. The molecule has 0 aromatic heterocycles. The predicted octanol–water partition coefficient (Wildman–Crippen LogP) is 10.6. The number of rotatable bonds is 16. The van der Waals surface area contributed by atoms with Gasteiger partial charge in [0.2, 0.25) is 0 Å². The van der Waals surface area contributed by atoms with Gasteiger partial charge in [-0.1, -0.05) is 88.8 Å². The Labute approximate surface area is 294 Å². The Morgan fingerprint density at radius 1 is 0.420 bits per heavy atom. The Morgan fingerprint density at radius 3 is 0.940 bits per heavy atom. The highest BCUT2D eigenvalue weighted by Crippen LogP contribution is 2.67. The van der Waals surface area contributed by atoms with Crippen molar-refractivity contribution < 1.29 is 38.1 Å². The van der Waals surface area contributed by atoms with Crippen LogP contribution in [0.5, 0.6) is 23.0 Å². The number of fused-ring (bicyclic) bond motifs is 6. The molecule has 0 bridgehead atoms. The zero-order valence-electron chi connectivity index (χ0n) is 30.2. The lowest BCUT2D eigenvalue weighted by atomic mass is 9.74. The molecular formula is C42H48O8. The molecule has 0 saturated heterocycles. The molecule has 0 unspecified atom stereocenters. The van der Waals surface area contributed by atoms with Crippen LogP contribution in [0.4, 0.5) is 0 Å². The van der Waals surface area contributed by atoms with Gasteiger partial charge >= 0.3 is 23.9 Å². The Hall–Kier alpha value is -4.72. The first-order valence-corrected chi connectivity index (χ1v) is 18.2. The van der Waals surface area contributed by atoms with Crippen LogP contribution >= 0.6 is 0 Å². The maximum Gasteiger partial charge on any atom is 0.311 e. The highest BCUT2D eigenvalue weighted by atomic mass is 16.6. The van der Waals surface area contributed by atoms with E-state index in [0.717, 1.165) is 36.8 Å². The first-order valence-electron chi connectivity index (χ1n) is 18.2. The normalized spacial score (nSPS) is 11.5. The van der Waals surface area contributed by atoms with Crippen molar-refractivity contribution >= 4 is 45.4 Å². The Kier molecular flexibility index (Phi) is 11.9. The van der Waals surface area contributed by atoms with E-state index in [0.29, 0.717) is 81.0 Å². The minimum Gasteiger partial charge on any atom is -0.425 e. The number of esters is 4. The standard InChI is InChI=1S/C42H48O8/c1-7-11-15-31(43)47-39-27-21-19-25(5)23-29(27)41(49-33(45)17-13-9-3)37-35(39)38-36(37)40(48-32(44)16-12-8-2)28-22-20-26(6)24-30(28)42(38)50-34(46)18-14-10-4/h19-24H,7-18H2,1-6H3. The Morgan fingerprint density at radius 2 is 0.680 bits per heavy atom. The molecule has 4 aromatic rings. The summed E-state index contributed by atoms with van der Waals surface area (Å²) in [7, 11) is 0. The average molecular weight is 681 g/mol. The van der Waals surface area contributed by atoms with Crippen molar-refractivity contribution in [2.45, 2.75) is 119 Å². The second-order valence-corrected chi connectivity index (χ2v) is 13.2. The van der Waals surface area contributed by atoms with Crippen LogP contribution in [0.3, 0.4) is 0 Å². The fraction of sp³-hybridized carbons (Fsp3) is 0.429. The van der Waals surface area contributed by atoms with Gasteiger partial charge in [0.15, 0.2) is 0 Å². The van der Waals surface area contributed by atoms with Crippen LogP contribution in [0, 0.1) is 13.8 Å². The summed E-state index contributed by atoms with van der Waals surface area (Å²) in [6, 6.07) is 11.4. The summed E-state index contributed by atoms with van der Waals surface area (Å²) in [5.41, 5.74) is 3.74. The van der Waals surface area contributed by atoms with Crippen molar-refractivity contribution in [3.05, 3.63) is 47.5 Å². The molecule has 8 heteroatoms. The van der Waals surface area contributed by atoms with Crippen LogP contribution in [-0.2, 0) is 19.2 Å². The van der Waals surface area contributed by atoms with E-state index in [4.69, 9.17) is 18.9 Å². The maximum atomic E-state index is 13.4. The van der Waals surface area contributed by atoms with E-state index in [1.54, 1.807) is 0 Å². The lowest BCUT2D eigenvalue weighted by Gasteiger charge is -2.34. The number of hydrogen-bond donors (Lipinski definition) is 0. The lowest BCUT2D eigenvalue weighted by Crippen LogP contribution is -2.18. The molecule has 0 amide bonds. The van der Waals surface area contributed by atoms with Crippen molar-refractivity contribution in [3.63, 3.8) is 0 Å². The molecule has 1 aliphatic carbocycles. The van der Waals surface area contributed by atoms with Gasteiger partial charge in [-0.25, -0.2) is 0 Å². The topological polar surface area (TPSA) is 105 Å². The smallest absolute Gasteiger partial charge is 0.311 e. The van der Waals surface area contributed by atoms with E-state index < -0.39 is 23.9 Å². The molecule has 0 spiro atoms. The van der Waals surface area contributed by atoms with Crippen molar-refractivity contribution in [1.82, 2.24) is 0 Å².